The van der Waals surface area contributed by atoms with Gasteiger partial charge in [-0.1, -0.05) is 39.7 Å². The highest BCUT2D eigenvalue weighted by Gasteiger charge is 2.32. The van der Waals surface area contributed by atoms with Crippen molar-refractivity contribution in [2.24, 2.45) is 0 Å². The van der Waals surface area contributed by atoms with E-state index in [0.717, 1.165) is 14.9 Å². The molecule has 1 aliphatic rings. The molecule has 0 bridgehead atoms. The fraction of sp³-hybridized carbons (Fsp3) is 0.158. The van der Waals surface area contributed by atoms with Crippen molar-refractivity contribution < 1.29 is 14.3 Å². The van der Waals surface area contributed by atoms with Gasteiger partial charge in [0, 0.05) is 21.6 Å². The summed E-state index contributed by atoms with van der Waals surface area (Å²) in [5, 5.41) is 3.26. The summed E-state index contributed by atoms with van der Waals surface area (Å²) >= 11 is 9.31. The minimum Gasteiger partial charge on any atom is -0.488 e. The van der Waals surface area contributed by atoms with Crippen LogP contribution in [0.5, 0.6) is 5.75 Å². The number of ether oxygens (including phenoxy) is 1. The molecular formula is C19H16BrClN2O3. The molecule has 26 heavy (non-hydrogen) atoms. The molecule has 5 nitrogen and oxygen atoms in total. The van der Waals surface area contributed by atoms with Gasteiger partial charge in [-0.25, -0.2) is 4.79 Å². The molecule has 0 aromatic heterocycles. The molecule has 1 heterocycles. The molecule has 134 valence electrons. The van der Waals surface area contributed by atoms with Gasteiger partial charge in [0.1, 0.15) is 18.1 Å². The lowest BCUT2D eigenvalue weighted by atomic mass is 10.1. The van der Waals surface area contributed by atoms with Crippen molar-refractivity contribution in [2.75, 3.05) is 6.54 Å². The van der Waals surface area contributed by atoms with Crippen LogP contribution in [0.25, 0.3) is 6.08 Å². The Labute approximate surface area is 164 Å². The van der Waals surface area contributed by atoms with Gasteiger partial charge >= 0.3 is 6.03 Å². The molecule has 1 saturated heterocycles. The van der Waals surface area contributed by atoms with Crippen molar-refractivity contribution in [3.05, 3.63) is 68.8 Å². The highest BCUT2D eigenvalue weighted by atomic mass is 79.9. The maximum absolute atomic E-state index is 12.3. The largest absolute Gasteiger partial charge is 0.488 e. The number of carbonyl (C=O) groups is 2. The highest BCUT2D eigenvalue weighted by Crippen LogP contribution is 2.27. The monoisotopic (exact) mass is 434 g/mol. The van der Waals surface area contributed by atoms with Crippen molar-refractivity contribution in [1.82, 2.24) is 10.2 Å². The van der Waals surface area contributed by atoms with E-state index in [1.807, 2.05) is 30.3 Å². The SMILES string of the molecule is CCN1C(=O)N/C(=C/c2cc(Br)ccc2OCc2ccc(Cl)cc2)C1=O. The zero-order valence-corrected chi connectivity index (χ0v) is 16.3. The summed E-state index contributed by atoms with van der Waals surface area (Å²) in [7, 11) is 0. The lowest BCUT2D eigenvalue weighted by Crippen LogP contribution is -2.30. The first-order chi connectivity index (χ1) is 12.5. The first-order valence-corrected chi connectivity index (χ1v) is 9.16. The Morgan fingerprint density at radius 3 is 2.58 bits per heavy atom. The van der Waals surface area contributed by atoms with Crippen molar-refractivity contribution in [1.29, 1.82) is 0 Å². The molecule has 0 unspecified atom stereocenters. The van der Waals surface area contributed by atoms with Crippen LogP contribution >= 0.6 is 27.5 Å². The van der Waals surface area contributed by atoms with Gasteiger partial charge in [0.15, 0.2) is 0 Å². The quantitative estimate of drug-likeness (QED) is 0.552. The summed E-state index contributed by atoms with van der Waals surface area (Å²) in [6.07, 6.45) is 1.62. The predicted octanol–water partition coefficient (Wildman–Crippen LogP) is 4.59. The third-order valence-electron chi connectivity index (χ3n) is 3.86. The summed E-state index contributed by atoms with van der Waals surface area (Å²) in [6.45, 7) is 2.43. The third kappa shape index (κ3) is 4.08. The standard InChI is InChI=1S/C19H16BrClN2O3/c1-2-23-18(24)16(22-19(23)25)10-13-9-14(20)5-8-17(13)26-11-12-3-6-15(21)7-4-12/h3-10H,2,11H2,1H3,(H,22,25)/b16-10+. The van der Waals surface area contributed by atoms with Crippen LogP contribution in [0.2, 0.25) is 5.02 Å². The predicted molar refractivity (Wildman–Crippen MR) is 104 cm³/mol. The van der Waals surface area contributed by atoms with E-state index in [2.05, 4.69) is 21.2 Å². The van der Waals surface area contributed by atoms with Crippen LogP contribution < -0.4 is 10.1 Å². The van der Waals surface area contributed by atoms with Crippen LogP contribution in [0.15, 0.2) is 52.6 Å². The number of halogens is 2. The van der Waals surface area contributed by atoms with E-state index < -0.39 is 6.03 Å². The molecule has 7 heteroatoms. The molecule has 3 rings (SSSR count). The maximum Gasteiger partial charge on any atom is 0.328 e. The second-order valence-corrected chi connectivity index (χ2v) is 6.99. The summed E-state index contributed by atoms with van der Waals surface area (Å²) in [4.78, 5) is 25.2. The number of imide groups is 1. The molecule has 2 aromatic rings. The second-order valence-electron chi connectivity index (χ2n) is 5.63. The van der Waals surface area contributed by atoms with E-state index >= 15 is 0 Å². The van der Waals surface area contributed by atoms with Gasteiger partial charge in [-0.2, -0.15) is 0 Å². The van der Waals surface area contributed by atoms with Crippen molar-refractivity contribution in [3.63, 3.8) is 0 Å². The molecule has 0 radical (unpaired) electrons. The van der Waals surface area contributed by atoms with Gasteiger partial charge in [-0.15, -0.1) is 0 Å². The van der Waals surface area contributed by atoms with Gasteiger partial charge in [-0.3, -0.25) is 9.69 Å². The average molecular weight is 436 g/mol. The van der Waals surface area contributed by atoms with Crippen LogP contribution in [0.1, 0.15) is 18.1 Å². The molecule has 0 saturated carbocycles. The number of likely N-dealkylation sites (N-methyl/N-ethyl adjacent to an activating group) is 1. The maximum atomic E-state index is 12.3. The lowest BCUT2D eigenvalue weighted by molar-refractivity contribution is -0.122. The van der Waals surface area contributed by atoms with Crippen LogP contribution in [0, 0.1) is 0 Å². The van der Waals surface area contributed by atoms with E-state index in [1.165, 1.54) is 0 Å². The zero-order valence-electron chi connectivity index (χ0n) is 14.0. The van der Waals surface area contributed by atoms with E-state index in [0.29, 0.717) is 29.5 Å². The Kier molecular flexibility index (Phi) is 5.64. The highest BCUT2D eigenvalue weighted by molar-refractivity contribution is 9.10. The molecule has 1 aliphatic heterocycles. The number of hydrogen-bond acceptors (Lipinski definition) is 3. The van der Waals surface area contributed by atoms with Gasteiger partial charge in [-0.05, 0) is 48.9 Å². The van der Waals surface area contributed by atoms with Crippen LogP contribution in [0.4, 0.5) is 4.79 Å². The Morgan fingerprint density at radius 2 is 1.92 bits per heavy atom. The minimum absolute atomic E-state index is 0.228. The molecule has 2 aromatic carbocycles. The Morgan fingerprint density at radius 1 is 1.19 bits per heavy atom. The molecule has 1 N–H and O–H groups in total. The van der Waals surface area contributed by atoms with Crippen LogP contribution in [-0.4, -0.2) is 23.4 Å². The Hall–Kier alpha value is -2.31. The van der Waals surface area contributed by atoms with Gasteiger partial charge < -0.3 is 10.1 Å². The topological polar surface area (TPSA) is 58.6 Å². The fourth-order valence-electron chi connectivity index (χ4n) is 2.52. The smallest absolute Gasteiger partial charge is 0.328 e. The molecule has 1 fully saturated rings. The number of rotatable bonds is 5. The Bertz CT molecular complexity index is 881. The van der Waals surface area contributed by atoms with E-state index in [4.69, 9.17) is 16.3 Å². The molecule has 0 atom stereocenters. The van der Waals surface area contributed by atoms with Crippen LogP contribution in [-0.2, 0) is 11.4 Å². The molecule has 0 spiro atoms. The number of urea groups is 1. The Balaban J connectivity index is 1.84. The number of nitrogens with one attached hydrogen (secondary N) is 1. The minimum atomic E-state index is -0.414. The summed E-state index contributed by atoms with van der Waals surface area (Å²) in [6, 6.07) is 12.5. The van der Waals surface area contributed by atoms with Gasteiger partial charge in [0.05, 0.1) is 0 Å². The summed E-state index contributed by atoms with van der Waals surface area (Å²) in [5.74, 6) is 0.258. The number of carbonyl (C=O) groups excluding carboxylic acids is 2. The lowest BCUT2D eigenvalue weighted by Gasteiger charge is -2.11. The summed E-state index contributed by atoms with van der Waals surface area (Å²) in [5.41, 5.74) is 1.89. The molecule has 3 amide bonds. The van der Waals surface area contributed by atoms with Gasteiger partial charge in [0.2, 0.25) is 0 Å². The normalized spacial score (nSPS) is 15.5. The van der Waals surface area contributed by atoms with E-state index in [-0.39, 0.29) is 11.6 Å². The number of nitrogens with zero attached hydrogens (tertiary/aromatic N) is 1. The average Bonchev–Trinajstić information content (AvgIpc) is 2.88. The number of hydrogen-bond donors (Lipinski definition) is 1. The number of amides is 3. The zero-order chi connectivity index (χ0) is 18.7. The second kappa shape index (κ2) is 7.93. The van der Waals surface area contributed by atoms with Crippen molar-refractivity contribution in [2.45, 2.75) is 13.5 Å². The first-order valence-electron chi connectivity index (χ1n) is 7.99. The first kappa shape index (κ1) is 18.5. The third-order valence-corrected chi connectivity index (χ3v) is 4.60. The van der Waals surface area contributed by atoms with Crippen molar-refractivity contribution >= 4 is 45.5 Å². The van der Waals surface area contributed by atoms with Crippen molar-refractivity contribution in [3.8, 4) is 5.75 Å². The van der Waals surface area contributed by atoms with E-state index in [1.54, 1.807) is 25.1 Å². The van der Waals surface area contributed by atoms with Gasteiger partial charge in [0.25, 0.3) is 5.91 Å². The number of benzene rings is 2. The van der Waals surface area contributed by atoms with E-state index in [9.17, 15) is 9.59 Å². The molecule has 0 aliphatic carbocycles. The van der Waals surface area contributed by atoms with Crippen LogP contribution in [0.3, 0.4) is 0 Å². The fourth-order valence-corrected chi connectivity index (χ4v) is 3.02. The summed E-state index contributed by atoms with van der Waals surface area (Å²) < 4.78 is 6.74. The molecular weight excluding hydrogens is 420 g/mol.